The highest BCUT2D eigenvalue weighted by molar-refractivity contribution is 6.35. The summed E-state index contributed by atoms with van der Waals surface area (Å²) in [5, 5.41) is 9.97. The van der Waals surface area contributed by atoms with Crippen LogP contribution in [0.4, 0.5) is 0 Å². The van der Waals surface area contributed by atoms with Gasteiger partial charge in [-0.1, -0.05) is 35.3 Å². The van der Waals surface area contributed by atoms with Crippen LogP contribution in [0.3, 0.4) is 0 Å². The molecule has 0 aliphatic rings. The van der Waals surface area contributed by atoms with Crippen LogP contribution in [0.5, 0.6) is 11.5 Å². The van der Waals surface area contributed by atoms with E-state index < -0.39 is 12.6 Å². The second-order valence-corrected chi connectivity index (χ2v) is 7.55. The maximum Gasteiger partial charge on any atom is 0.341 e. The maximum absolute atomic E-state index is 12.4. The van der Waals surface area contributed by atoms with Crippen LogP contribution in [-0.4, -0.2) is 41.6 Å². The van der Waals surface area contributed by atoms with Gasteiger partial charge in [-0.3, -0.25) is 4.79 Å². The number of aliphatic carboxylic acids is 1. The Balaban J connectivity index is 2.28. The molecule has 0 saturated heterocycles. The number of halogens is 2. The molecule has 31 heavy (non-hydrogen) atoms. The predicted molar refractivity (Wildman–Crippen MR) is 122 cm³/mol. The molecule has 0 bridgehead atoms. The van der Waals surface area contributed by atoms with Gasteiger partial charge < -0.3 is 19.5 Å². The summed E-state index contributed by atoms with van der Waals surface area (Å²) >= 11 is 12.1. The summed E-state index contributed by atoms with van der Waals surface area (Å²) in [7, 11) is 0. The molecule has 8 heteroatoms. The lowest BCUT2D eigenvalue weighted by atomic mass is 10.1. The Bertz CT molecular complexity index is 970. The molecule has 2 rings (SSSR count). The van der Waals surface area contributed by atoms with Gasteiger partial charge in [0, 0.05) is 34.8 Å². The number of carbonyl (C=O) groups excluding carboxylic acids is 1. The van der Waals surface area contributed by atoms with Crippen molar-refractivity contribution in [1.82, 2.24) is 4.90 Å². The molecule has 0 unspecified atom stereocenters. The topological polar surface area (TPSA) is 76.1 Å². The van der Waals surface area contributed by atoms with E-state index in [1.54, 1.807) is 47.4 Å². The highest BCUT2D eigenvalue weighted by Crippen LogP contribution is 2.32. The normalized spacial score (nSPS) is 11.2. The second kappa shape index (κ2) is 11.6. The zero-order chi connectivity index (χ0) is 23.0. The van der Waals surface area contributed by atoms with E-state index in [1.165, 1.54) is 0 Å². The van der Waals surface area contributed by atoms with Gasteiger partial charge in [-0.2, -0.15) is 0 Å². The first-order chi connectivity index (χ1) is 14.7. The number of ether oxygens (including phenoxy) is 2. The summed E-state index contributed by atoms with van der Waals surface area (Å²) in [4.78, 5) is 25.1. The zero-order valence-corrected chi connectivity index (χ0v) is 19.2. The van der Waals surface area contributed by atoms with Crippen molar-refractivity contribution in [2.45, 2.75) is 27.4 Å². The van der Waals surface area contributed by atoms with Crippen molar-refractivity contribution in [3.05, 3.63) is 63.6 Å². The van der Waals surface area contributed by atoms with E-state index in [-0.39, 0.29) is 18.3 Å². The molecule has 1 amide bonds. The van der Waals surface area contributed by atoms with Gasteiger partial charge in [0.1, 0.15) is 6.61 Å². The summed E-state index contributed by atoms with van der Waals surface area (Å²) in [6.07, 6.45) is 1.55. The fourth-order valence-corrected chi connectivity index (χ4v) is 3.28. The van der Waals surface area contributed by atoms with E-state index >= 15 is 0 Å². The minimum Gasteiger partial charge on any atom is -0.485 e. The van der Waals surface area contributed by atoms with Crippen molar-refractivity contribution in [3.63, 3.8) is 0 Å². The van der Waals surface area contributed by atoms with Gasteiger partial charge in [-0.25, -0.2) is 4.79 Å². The smallest absolute Gasteiger partial charge is 0.341 e. The quantitative estimate of drug-likeness (QED) is 0.481. The summed E-state index contributed by atoms with van der Waals surface area (Å²) in [5.74, 6) is -0.582. The molecule has 0 atom stereocenters. The summed E-state index contributed by atoms with van der Waals surface area (Å²) < 4.78 is 11.2. The Morgan fingerprint density at radius 1 is 1.03 bits per heavy atom. The Hall–Kier alpha value is -2.70. The molecule has 2 aromatic carbocycles. The van der Waals surface area contributed by atoms with E-state index in [1.807, 2.05) is 20.8 Å². The van der Waals surface area contributed by atoms with Crippen LogP contribution >= 0.6 is 23.2 Å². The molecule has 0 aliphatic carbocycles. The van der Waals surface area contributed by atoms with Gasteiger partial charge in [0.2, 0.25) is 5.91 Å². The average molecular weight is 466 g/mol. The van der Waals surface area contributed by atoms with E-state index in [2.05, 4.69) is 0 Å². The summed E-state index contributed by atoms with van der Waals surface area (Å²) in [6.45, 7) is 6.50. The standard InChI is InChI=1S/C23H25Cl2NO5/c1-4-26(5-2)22(27)10-15(3)16-7-9-20(21(11-16)31-14-23(28)29)30-13-17-6-8-18(24)12-19(17)25/h6-12H,4-5,13-14H2,1-3H3,(H,28,29). The molecule has 0 saturated carbocycles. The number of rotatable bonds is 10. The Kier molecular flexibility index (Phi) is 9.21. The second-order valence-electron chi connectivity index (χ2n) is 6.71. The van der Waals surface area contributed by atoms with Gasteiger partial charge in [0.25, 0.3) is 0 Å². The molecule has 0 radical (unpaired) electrons. The number of carbonyl (C=O) groups is 2. The van der Waals surface area contributed by atoms with E-state index in [0.29, 0.717) is 28.9 Å². The van der Waals surface area contributed by atoms with Crippen molar-refractivity contribution in [2.75, 3.05) is 19.7 Å². The monoisotopic (exact) mass is 465 g/mol. The summed E-state index contributed by atoms with van der Waals surface area (Å²) in [5.41, 5.74) is 2.17. The third-order valence-electron chi connectivity index (χ3n) is 4.56. The van der Waals surface area contributed by atoms with Gasteiger partial charge in [-0.15, -0.1) is 0 Å². The molecule has 0 heterocycles. The van der Waals surface area contributed by atoms with Crippen molar-refractivity contribution in [3.8, 4) is 11.5 Å². The van der Waals surface area contributed by atoms with Crippen molar-refractivity contribution in [1.29, 1.82) is 0 Å². The van der Waals surface area contributed by atoms with Gasteiger partial charge in [0.15, 0.2) is 18.1 Å². The molecule has 0 fully saturated rings. The average Bonchev–Trinajstić information content (AvgIpc) is 2.72. The van der Waals surface area contributed by atoms with Crippen molar-refractivity contribution < 1.29 is 24.2 Å². The number of nitrogens with zero attached hydrogens (tertiary/aromatic N) is 1. The lowest BCUT2D eigenvalue weighted by Gasteiger charge is -2.17. The molecule has 0 aromatic heterocycles. The number of carboxylic acid groups (broad SMARTS) is 1. The van der Waals surface area contributed by atoms with Crippen LogP contribution in [0.25, 0.3) is 5.57 Å². The Morgan fingerprint density at radius 3 is 2.35 bits per heavy atom. The lowest BCUT2D eigenvalue weighted by Crippen LogP contribution is -2.28. The first kappa shape index (κ1) is 24.6. The third kappa shape index (κ3) is 7.19. The number of likely N-dealkylation sites (N-methyl/N-ethyl adjacent to an activating group) is 1. The van der Waals surface area contributed by atoms with Crippen LogP contribution in [0.15, 0.2) is 42.5 Å². The van der Waals surface area contributed by atoms with Gasteiger partial charge in [0.05, 0.1) is 0 Å². The first-order valence-corrected chi connectivity index (χ1v) is 10.5. The number of hydrogen-bond donors (Lipinski definition) is 1. The van der Waals surface area contributed by atoms with E-state index in [9.17, 15) is 9.59 Å². The zero-order valence-electron chi connectivity index (χ0n) is 17.7. The number of carboxylic acids is 1. The van der Waals surface area contributed by atoms with Crippen molar-refractivity contribution in [2.24, 2.45) is 0 Å². The summed E-state index contributed by atoms with van der Waals surface area (Å²) in [6, 6.07) is 10.2. The highest BCUT2D eigenvalue weighted by Gasteiger charge is 2.13. The third-order valence-corrected chi connectivity index (χ3v) is 5.15. The van der Waals surface area contributed by atoms with Crippen molar-refractivity contribution >= 4 is 40.7 Å². The first-order valence-electron chi connectivity index (χ1n) is 9.78. The molecule has 166 valence electrons. The van der Waals surface area contributed by atoms with E-state index in [0.717, 1.165) is 16.7 Å². The molecule has 1 N–H and O–H groups in total. The molecule has 6 nitrogen and oxygen atoms in total. The van der Waals surface area contributed by atoms with Gasteiger partial charge in [-0.05, 0) is 56.2 Å². The number of hydrogen-bond acceptors (Lipinski definition) is 4. The van der Waals surface area contributed by atoms with E-state index in [4.69, 9.17) is 37.8 Å². The largest absolute Gasteiger partial charge is 0.485 e. The number of amides is 1. The minimum atomic E-state index is -1.11. The Morgan fingerprint density at radius 2 is 1.74 bits per heavy atom. The fourth-order valence-electron chi connectivity index (χ4n) is 2.81. The molecule has 0 aliphatic heterocycles. The predicted octanol–water partition coefficient (Wildman–Crippen LogP) is 5.31. The highest BCUT2D eigenvalue weighted by atomic mass is 35.5. The van der Waals surface area contributed by atoms with Crippen LogP contribution in [0, 0.1) is 0 Å². The van der Waals surface area contributed by atoms with Crippen LogP contribution in [0.1, 0.15) is 31.9 Å². The lowest BCUT2D eigenvalue weighted by molar-refractivity contribution is -0.139. The molecular formula is C23H25Cl2NO5. The Labute approximate surface area is 192 Å². The van der Waals surface area contributed by atoms with Gasteiger partial charge >= 0.3 is 5.97 Å². The van der Waals surface area contributed by atoms with Crippen LogP contribution in [-0.2, 0) is 16.2 Å². The van der Waals surface area contributed by atoms with Crippen LogP contribution < -0.4 is 9.47 Å². The minimum absolute atomic E-state index is 0.0896. The fraction of sp³-hybridized carbons (Fsp3) is 0.304. The number of benzene rings is 2. The SMILES string of the molecule is CCN(CC)C(=O)C=C(C)c1ccc(OCc2ccc(Cl)cc2Cl)c(OCC(=O)O)c1. The van der Waals surface area contributed by atoms with Crippen LogP contribution in [0.2, 0.25) is 10.0 Å². The molecule has 0 spiro atoms. The molecular weight excluding hydrogens is 441 g/mol. The molecule has 2 aromatic rings. The number of allylic oxidation sites excluding steroid dienone is 1. The maximum atomic E-state index is 12.4.